The predicted molar refractivity (Wildman–Crippen MR) is 151 cm³/mol. The Hall–Kier alpha value is -3.32. The fourth-order valence-electron chi connectivity index (χ4n) is 4.30. The van der Waals surface area contributed by atoms with Crippen LogP contribution in [0.4, 0.5) is 5.69 Å². The van der Waals surface area contributed by atoms with Gasteiger partial charge in [0.15, 0.2) is 0 Å². The molecule has 0 bridgehead atoms. The van der Waals surface area contributed by atoms with Crippen molar-refractivity contribution in [2.75, 3.05) is 23.7 Å². The van der Waals surface area contributed by atoms with Crippen LogP contribution < -0.4 is 14.4 Å². The Balaban J connectivity index is 1.61. The van der Waals surface area contributed by atoms with Crippen molar-refractivity contribution in [2.24, 2.45) is 0 Å². The number of aryl methyl sites for hydroxylation is 3. The molecule has 0 aliphatic rings. The minimum absolute atomic E-state index is 0.196. The van der Waals surface area contributed by atoms with Gasteiger partial charge in [0.1, 0.15) is 12.4 Å². The molecule has 0 aliphatic heterocycles. The van der Waals surface area contributed by atoms with Crippen molar-refractivity contribution in [1.29, 1.82) is 0 Å². The van der Waals surface area contributed by atoms with Crippen LogP contribution in [0.15, 0.2) is 66.7 Å². The second kappa shape index (κ2) is 13.3. The van der Waals surface area contributed by atoms with E-state index in [0.29, 0.717) is 18.7 Å². The number of nitrogens with zero attached hydrogens (tertiary/aromatic N) is 1. The minimum Gasteiger partial charge on any atom is -0.492 e. The number of ether oxygens (including phenoxy) is 1. The Kier molecular flexibility index (Phi) is 10.1. The number of para-hydroxylation sites is 1. The van der Waals surface area contributed by atoms with Crippen molar-refractivity contribution in [3.8, 4) is 5.75 Å². The molecule has 0 heterocycles. The average molecular weight is 523 g/mol. The molecule has 1 N–H and O–H groups in total. The molecule has 3 aromatic carbocycles. The Morgan fingerprint density at radius 1 is 0.865 bits per heavy atom. The highest BCUT2D eigenvalue weighted by atomic mass is 32.2. The first-order valence-electron chi connectivity index (χ1n) is 12.9. The number of anilines is 1. The first kappa shape index (κ1) is 28.3. The van der Waals surface area contributed by atoms with Crippen LogP contribution in [0.3, 0.4) is 0 Å². The van der Waals surface area contributed by atoms with Gasteiger partial charge in [-0.2, -0.15) is 0 Å². The van der Waals surface area contributed by atoms with Crippen LogP contribution in [0, 0.1) is 0 Å². The molecule has 7 heteroatoms. The van der Waals surface area contributed by atoms with Crippen LogP contribution in [0.2, 0.25) is 0 Å². The van der Waals surface area contributed by atoms with Gasteiger partial charge in [0.05, 0.1) is 25.0 Å². The summed E-state index contributed by atoms with van der Waals surface area (Å²) in [5.41, 5.74) is 5.37. The van der Waals surface area contributed by atoms with Gasteiger partial charge in [0.2, 0.25) is 10.0 Å². The van der Waals surface area contributed by atoms with Gasteiger partial charge in [0.25, 0.3) is 5.91 Å². The number of nitrogens with one attached hydrogen (secondary N) is 1. The third-order valence-electron chi connectivity index (χ3n) is 6.28. The molecule has 0 spiro atoms. The Bertz CT molecular complexity index is 1250. The van der Waals surface area contributed by atoms with E-state index in [9.17, 15) is 13.2 Å². The van der Waals surface area contributed by atoms with Gasteiger partial charge in [-0.05, 0) is 65.8 Å². The number of amides is 1. The Labute approximate surface area is 221 Å². The van der Waals surface area contributed by atoms with Crippen molar-refractivity contribution >= 4 is 21.6 Å². The standard InChI is InChI=1S/C30H38N2O4S/c1-5-9-23-14-18-28(19-15-23)36-21-20-31-30(33)27-16-12-24(13-17-27)22-32(37(4,34)35)29-25(6-2)10-8-11-26(29)7-3/h8,10-19H,5-7,9,20-22H2,1-4H3,(H,31,33). The van der Waals surface area contributed by atoms with Crippen LogP contribution in [0.1, 0.15) is 59.8 Å². The summed E-state index contributed by atoms with van der Waals surface area (Å²) in [6.07, 6.45) is 4.87. The fraction of sp³-hybridized carbons (Fsp3) is 0.367. The molecule has 0 aromatic heterocycles. The number of benzene rings is 3. The van der Waals surface area contributed by atoms with E-state index in [1.807, 2.05) is 56.3 Å². The molecule has 0 aliphatic carbocycles. The Morgan fingerprint density at radius 3 is 2.00 bits per heavy atom. The monoisotopic (exact) mass is 522 g/mol. The molecule has 37 heavy (non-hydrogen) atoms. The molecule has 3 aromatic rings. The molecular formula is C30H38N2O4S. The van der Waals surface area contributed by atoms with E-state index >= 15 is 0 Å². The maximum Gasteiger partial charge on any atom is 0.251 e. The summed E-state index contributed by atoms with van der Waals surface area (Å²) in [4.78, 5) is 12.6. The first-order chi connectivity index (χ1) is 17.8. The second-order valence-corrected chi connectivity index (χ2v) is 11.0. The van der Waals surface area contributed by atoms with Crippen molar-refractivity contribution in [1.82, 2.24) is 5.32 Å². The SMILES string of the molecule is CCCc1ccc(OCCNC(=O)c2ccc(CN(c3c(CC)cccc3CC)S(C)(=O)=O)cc2)cc1. The molecule has 0 saturated carbocycles. The molecule has 198 valence electrons. The van der Waals surface area contributed by atoms with Gasteiger partial charge in [-0.1, -0.05) is 69.7 Å². The molecule has 0 fully saturated rings. The van der Waals surface area contributed by atoms with Crippen LogP contribution in [0.25, 0.3) is 0 Å². The molecule has 0 atom stereocenters. The summed E-state index contributed by atoms with van der Waals surface area (Å²) in [7, 11) is -3.51. The lowest BCUT2D eigenvalue weighted by Crippen LogP contribution is -2.31. The van der Waals surface area contributed by atoms with E-state index in [4.69, 9.17) is 4.74 Å². The topological polar surface area (TPSA) is 75.7 Å². The summed E-state index contributed by atoms with van der Waals surface area (Å²) < 4.78 is 32.8. The summed E-state index contributed by atoms with van der Waals surface area (Å²) in [6, 6.07) is 21.0. The third-order valence-corrected chi connectivity index (χ3v) is 7.39. The van der Waals surface area contributed by atoms with Crippen molar-refractivity contribution < 1.29 is 17.9 Å². The van der Waals surface area contributed by atoms with Crippen molar-refractivity contribution in [3.63, 3.8) is 0 Å². The van der Waals surface area contributed by atoms with E-state index < -0.39 is 10.0 Å². The number of sulfonamides is 1. The quantitative estimate of drug-likeness (QED) is 0.299. The second-order valence-electron chi connectivity index (χ2n) is 9.10. The van der Waals surface area contributed by atoms with Crippen molar-refractivity contribution in [2.45, 2.75) is 53.0 Å². The third kappa shape index (κ3) is 7.83. The smallest absolute Gasteiger partial charge is 0.251 e. The van der Waals surface area contributed by atoms with Crippen LogP contribution in [-0.4, -0.2) is 33.7 Å². The van der Waals surface area contributed by atoms with Crippen LogP contribution >= 0.6 is 0 Å². The lowest BCUT2D eigenvalue weighted by atomic mass is 10.0. The summed E-state index contributed by atoms with van der Waals surface area (Å²) >= 11 is 0. The summed E-state index contributed by atoms with van der Waals surface area (Å²) in [5.74, 6) is 0.586. The predicted octanol–water partition coefficient (Wildman–Crippen LogP) is 5.54. The van der Waals surface area contributed by atoms with Crippen LogP contribution in [-0.2, 0) is 35.8 Å². The summed E-state index contributed by atoms with van der Waals surface area (Å²) in [6.45, 7) is 7.17. The number of carbonyl (C=O) groups is 1. The van der Waals surface area contributed by atoms with E-state index in [2.05, 4.69) is 24.4 Å². The van der Waals surface area contributed by atoms with E-state index in [1.54, 1.807) is 12.1 Å². The number of carbonyl (C=O) groups excluding carboxylic acids is 1. The van der Waals surface area contributed by atoms with Gasteiger partial charge in [-0.15, -0.1) is 0 Å². The molecule has 0 radical (unpaired) electrons. The molecule has 6 nitrogen and oxygen atoms in total. The zero-order valence-corrected chi connectivity index (χ0v) is 23.1. The zero-order chi connectivity index (χ0) is 26.8. The van der Waals surface area contributed by atoms with Gasteiger partial charge >= 0.3 is 0 Å². The van der Waals surface area contributed by atoms with Crippen LogP contribution in [0.5, 0.6) is 5.75 Å². The van der Waals surface area contributed by atoms with E-state index in [1.165, 1.54) is 16.1 Å². The Morgan fingerprint density at radius 2 is 1.46 bits per heavy atom. The van der Waals surface area contributed by atoms with Gasteiger partial charge in [-0.3, -0.25) is 9.10 Å². The highest BCUT2D eigenvalue weighted by molar-refractivity contribution is 7.92. The fourth-order valence-corrected chi connectivity index (χ4v) is 5.25. The highest BCUT2D eigenvalue weighted by Crippen LogP contribution is 2.30. The van der Waals surface area contributed by atoms with E-state index in [0.717, 1.165) is 53.8 Å². The lowest BCUT2D eigenvalue weighted by molar-refractivity contribution is 0.0947. The number of hydrogen-bond acceptors (Lipinski definition) is 4. The van der Waals surface area contributed by atoms with Gasteiger partial charge in [0, 0.05) is 5.56 Å². The maximum atomic E-state index is 12.8. The largest absolute Gasteiger partial charge is 0.492 e. The lowest BCUT2D eigenvalue weighted by Gasteiger charge is -2.27. The normalized spacial score (nSPS) is 11.2. The van der Waals surface area contributed by atoms with Gasteiger partial charge in [-0.25, -0.2) is 8.42 Å². The molecule has 0 saturated heterocycles. The summed E-state index contributed by atoms with van der Waals surface area (Å²) in [5, 5.41) is 2.87. The van der Waals surface area contributed by atoms with E-state index in [-0.39, 0.29) is 12.5 Å². The molecule has 1 amide bonds. The number of hydrogen-bond donors (Lipinski definition) is 1. The molecular weight excluding hydrogens is 484 g/mol. The zero-order valence-electron chi connectivity index (χ0n) is 22.3. The van der Waals surface area contributed by atoms with Crippen molar-refractivity contribution in [3.05, 3.63) is 94.5 Å². The highest BCUT2D eigenvalue weighted by Gasteiger charge is 2.23. The van der Waals surface area contributed by atoms with Gasteiger partial charge < -0.3 is 10.1 Å². The molecule has 0 unspecified atom stereocenters. The number of rotatable bonds is 13. The first-order valence-corrected chi connectivity index (χ1v) is 14.8. The maximum absolute atomic E-state index is 12.8. The molecule has 3 rings (SSSR count). The average Bonchev–Trinajstić information content (AvgIpc) is 2.90. The minimum atomic E-state index is -3.51.